The van der Waals surface area contributed by atoms with Crippen LogP contribution in [0.25, 0.3) is 0 Å². The first kappa shape index (κ1) is 14.7. The zero-order valence-electron chi connectivity index (χ0n) is 13.0. The average Bonchev–Trinajstić information content (AvgIpc) is 2.81. The second-order valence-electron chi connectivity index (χ2n) is 5.86. The number of alkyl halides is 1. The van der Waals surface area contributed by atoms with E-state index in [1.54, 1.807) is 0 Å². The molecular weight excluding hydrogens is 281 g/mol. The van der Waals surface area contributed by atoms with Crippen molar-refractivity contribution in [3.05, 3.63) is 40.2 Å². The molecule has 116 valence electrons. The Bertz CT molecular complexity index is 714. The Kier molecular flexibility index (Phi) is 3.68. The predicted octanol–water partition coefficient (Wildman–Crippen LogP) is 3.20. The van der Waals surface area contributed by atoms with Crippen molar-refractivity contribution in [1.82, 2.24) is 15.0 Å². The third kappa shape index (κ3) is 2.73. The van der Waals surface area contributed by atoms with Crippen LogP contribution in [0.1, 0.15) is 53.6 Å². The molecule has 6 heteroatoms. The fraction of sp³-hybridized carbons (Fsp3) is 0.438. The van der Waals surface area contributed by atoms with Gasteiger partial charge in [-0.3, -0.25) is 0 Å². The van der Waals surface area contributed by atoms with Crippen LogP contribution in [0.15, 0.2) is 12.1 Å². The van der Waals surface area contributed by atoms with Crippen LogP contribution in [-0.4, -0.2) is 15.0 Å². The first-order valence-electron chi connectivity index (χ1n) is 7.46. The summed E-state index contributed by atoms with van der Waals surface area (Å²) in [5.41, 5.74) is 10.8. The number of hydrogen-bond donors (Lipinski definition) is 2. The van der Waals surface area contributed by atoms with Gasteiger partial charge in [-0.25, -0.2) is 4.39 Å². The van der Waals surface area contributed by atoms with Gasteiger partial charge in [0.25, 0.3) is 0 Å². The zero-order valence-corrected chi connectivity index (χ0v) is 13.0. The van der Waals surface area contributed by atoms with Gasteiger partial charge in [0, 0.05) is 0 Å². The van der Waals surface area contributed by atoms with Crippen molar-refractivity contribution in [1.29, 1.82) is 0 Å². The SMILES string of the molecule is Cc1cc2c(cc1C)[C@@H](Nc1nc(N)nc([C@@H](C)F)n1)CC2. The topological polar surface area (TPSA) is 76.7 Å². The number of rotatable bonds is 3. The Balaban J connectivity index is 1.89. The van der Waals surface area contributed by atoms with Crippen molar-refractivity contribution in [2.75, 3.05) is 11.1 Å². The Morgan fingerprint density at radius 2 is 1.95 bits per heavy atom. The Hall–Kier alpha value is -2.24. The van der Waals surface area contributed by atoms with E-state index in [2.05, 4.69) is 46.2 Å². The highest BCUT2D eigenvalue weighted by molar-refractivity contribution is 5.46. The highest BCUT2D eigenvalue weighted by Crippen LogP contribution is 2.35. The lowest BCUT2D eigenvalue weighted by atomic mass is 10.0. The molecule has 3 N–H and O–H groups in total. The van der Waals surface area contributed by atoms with Gasteiger partial charge < -0.3 is 11.1 Å². The molecule has 2 aromatic rings. The minimum absolute atomic E-state index is 0.0373. The van der Waals surface area contributed by atoms with Gasteiger partial charge in [-0.1, -0.05) is 12.1 Å². The molecule has 5 nitrogen and oxygen atoms in total. The molecule has 1 aliphatic carbocycles. The minimum Gasteiger partial charge on any atom is -0.368 e. The molecule has 0 bridgehead atoms. The number of nitrogen functional groups attached to an aromatic ring is 1. The summed E-state index contributed by atoms with van der Waals surface area (Å²) in [5, 5.41) is 3.27. The maximum atomic E-state index is 13.4. The Labute approximate surface area is 129 Å². The monoisotopic (exact) mass is 301 g/mol. The van der Waals surface area contributed by atoms with Crippen LogP contribution in [0.2, 0.25) is 0 Å². The van der Waals surface area contributed by atoms with E-state index in [-0.39, 0.29) is 17.8 Å². The van der Waals surface area contributed by atoms with Gasteiger partial charge in [-0.05, 0) is 55.9 Å². The number of nitrogens with two attached hydrogens (primary N) is 1. The first-order chi connectivity index (χ1) is 10.4. The van der Waals surface area contributed by atoms with Gasteiger partial charge in [-0.2, -0.15) is 15.0 Å². The van der Waals surface area contributed by atoms with Crippen molar-refractivity contribution < 1.29 is 4.39 Å². The van der Waals surface area contributed by atoms with E-state index in [9.17, 15) is 4.39 Å². The summed E-state index contributed by atoms with van der Waals surface area (Å²) >= 11 is 0. The number of benzene rings is 1. The molecule has 0 radical (unpaired) electrons. The summed E-state index contributed by atoms with van der Waals surface area (Å²) in [5.74, 6) is 0.437. The lowest BCUT2D eigenvalue weighted by Crippen LogP contribution is -2.14. The number of hydrogen-bond acceptors (Lipinski definition) is 5. The molecular formula is C16H20FN5. The van der Waals surface area contributed by atoms with E-state index in [0.717, 1.165) is 12.8 Å². The molecule has 3 rings (SSSR count). The van der Waals surface area contributed by atoms with E-state index >= 15 is 0 Å². The number of halogens is 1. The van der Waals surface area contributed by atoms with Gasteiger partial charge in [0.2, 0.25) is 11.9 Å². The molecule has 1 aromatic heterocycles. The predicted molar refractivity (Wildman–Crippen MR) is 84.4 cm³/mol. The molecule has 2 atom stereocenters. The van der Waals surface area contributed by atoms with Gasteiger partial charge in [0.1, 0.15) is 0 Å². The maximum absolute atomic E-state index is 13.4. The van der Waals surface area contributed by atoms with Gasteiger partial charge in [0.15, 0.2) is 12.0 Å². The van der Waals surface area contributed by atoms with E-state index in [0.29, 0.717) is 5.95 Å². The number of fused-ring (bicyclic) bond motifs is 1. The van der Waals surface area contributed by atoms with Gasteiger partial charge in [-0.15, -0.1) is 0 Å². The third-order valence-electron chi connectivity index (χ3n) is 4.16. The maximum Gasteiger partial charge on any atom is 0.228 e. The van der Waals surface area contributed by atoms with Crippen molar-refractivity contribution >= 4 is 11.9 Å². The lowest BCUT2D eigenvalue weighted by Gasteiger charge is -2.16. The van der Waals surface area contributed by atoms with Crippen LogP contribution in [0.3, 0.4) is 0 Å². The molecule has 0 spiro atoms. The second kappa shape index (κ2) is 5.51. The first-order valence-corrected chi connectivity index (χ1v) is 7.46. The third-order valence-corrected chi connectivity index (χ3v) is 4.16. The fourth-order valence-electron chi connectivity index (χ4n) is 2.85. The van der Waals surface area contributed by atoms with E-state index in [1.807, 2.05) is 0 Å². The summed E-state index contributed by atoms with van der Waals surface area (Å²) in [6.45, 7) is 5.61. The molecule has 1 aliphatic rings. The fourth-order valence-corrected chi connectivity index (χ4v) is 2.85. The van der Waals surface area contributed by atoms with Crippen LogP contribution in [-0.2, 0) is 6.42 Å². The Morgan fingerprint density at radius 3 is 2.68 bits per heavy atom. The summed E-state index contributed by atoms with van der Waals surface area (Å²) < 4.78 is 13.4. The quantitative estimate of drug-likeness (QED) is 0.910. The van der Waals surface area contributed by atoms with Gasteiger partial charge in [0.05, 0.1) is 6.04 Å². The Morgan fingerprint density at radius 1 is 1.23 bits per heavy atom. The average molecular weight is 301 g/mol. The normalized spacial score (nSPS) is 18.1. The summed E-state index contributed by atoms with van der Waals surface area (Å²) in [4.78, 5) is 12.0. The number of nitrogens with zero attached hydrogens (tertiary/aromatic N) is 3. The van der Waals surface area contributed by atoms with Crippen molar-refractivity contribution in [2.45, 2.75) is 45.8 Å². The number of aryl methyl sites for hydroxylation is 3. The van der Waals surface area contributed by atoms with E-state index < -0.39 is 6.17 Å². The molecule has 0 saturated carbocycles. The van der Waals surface area contributed by atoms with Crippen molar-refractivity contribution in [3.8, 4) is 0 Å². The highest BCUT2D eigenvalue weighted by atomic mass is 19.1. The molecule has 22 heavy (non-hydrogen) atoms. The lowest BCUT2D eigenvalue weighted by molar-refractivity contribution is 0.356. The van der Waals surface area contributed by atoms with Crippen LogP contribution >= 0.6 is 0 Å². The van der Waals surface area contributed by atoms with Crippen molar-refractivity contribution in [2.24, 2.45) is 0 Å². The molecule has 0 aliphatic heterocycles. The summed E-state index contributed by atoms with van der Waals surface area (Å²) in [7, 11) is 0. The van der Waals surface area contributed by atoms with Crippen molar-refractivity contribution in [3.63, 3.8) is 0 Å². The zero-order chi connectivity index (χ0) is 15.9. The number of anilines is 2. The molecule has 0 fully saturated rings. The molecule has 1 aromatic carbocycles. The van der Waals surface area contributed by atoms with Crippen LogP contribution in [0, 0.1) is 13.8 Å². The van der Waals surface area contributed by atoms with Gasteiger partial charge >= 0.3 is 0 Å². The molecule has 0 saturated heterocycles. The smallest absolute Gasteiger partial charge is 0.228 e. The summed E-state index contributed by atoms with van der Waals surface area (Å²) in [6, 6.07) is 4.57. The van der Waals surface area contributed by atoms with E-state index in [4.69, 9.17) is 5.73 Å². The number of nitrogens with one attached hydrogen (secondary N) is 1. The standard InChI is InChI=1S/C16H20FN5/c1-8-6-11-4-5-13(12(11)7-9(8)2)19-16-21-14(10(3)17)20-15(18)22-16/h6-7,10,13H,4-5H2,1-3H3,(H3,18,19,20,21,22)/t10-,13+/m1/s1. The second-order valence-corrected chi connectivity index (χ2v) is 5.86. The largest absolute Gasteiger partial charge is 0.368 e. The van der Waals surface area contributed by atoms with E-state index in [1.165, 1.54) is 29.2 Å². The molecule has 1 heterocycles. The molecule has 0 unspecified atom stereocenters. The number of aromatic nitrogens is 3. The van der Waals surface area contributed by atoms with Crippen LogP contribution in [0.5, 0.6) is 0 Å². The van der Waals surface area contributed by atoms with Crippen LogP contribution in [0.4, 0.5) is 16.3 Å². The molecule has 0 amide bonds. The minimum atomic E-state index is -1.27. The van der Waals surface area contributed by atoms with Crippen LogP contribution < -0.4 is 11.1 Å². The highest BCUT2D eigenvalue weighted by Gasteiger charge is 2.24. The summed E-state index contributed by atoms with van der Waals surface area (Å²) in [6.07, 6.45) is 0.706.